The van der Waals surface area contributed by atoms with Gasteiger partial charge in [-0.05, 0) is 36.4 Å². The second-order valence-electron chi connectivity index (χ2n) is 6.55. The van der Waals surface area contributed by atoms with Gasteiger partial charge in [0, 0.05) is 37.2 Å². The molecule has 2 heterocycles. The first kappa shape index (κ1) is 18.2. The van der Waals surface area contributed by atoms with Gasteiger partial charge >= 0.3 is 5.97 Å². The second kappa shape index (κ2) is 6.79. The molecule has 8 heteroatoms. The molecule has 2 aromatic carbocycles. The summed E-state index contributed by atoms with van der Waals surface area (Å²) in [5.74, 6) is -0.760. The third-order valence-electron chi connectivity index (χ3n) is 4.71. The van der Waals surface area contributed by atoms with Crippen LogP contribution in [0, 0.1) is 0 Å². The number of aromatic nitrogens is 1. The Kier molecular flexibility index (Phi) is 4.43. The number of hydrogen-bond acceptors (Lipinski definition) is 5. The third kappa shape index (κ3) is 3.05. The molecule has 3 aromatic rings. The fourth-order valence-corrected chi connectivity index (χ4v) is 4.78. The molecule has 1 aliphatic heterocycles. The lowest BCUT2D eigenvalue weighted by atomic mass is 10.2. The molecule has 1 atom stereocenters. The van der Waals surface area contributed by atoms with E-state index in [1.165, 1.54) is 17.1 Å². The smallest absolute Gasteiger partial charge is 0.303 e. The van der Waals surface area contributed by atoms with Crippen molar-refractivity contribution in [3.05, 3.63) is 60.8 Å². The number of esters is 1. The standard InChI is InChI=1S/C20H18N2O5S/c1-14(23)27-19-10-11-21(20(19)24)16-7-8-18-15(13-16)9-12-22(18)28(25,26)17-5-3-2-4-6-17/h2-9,12-13,19H,10-11H2,1H3. The fourth-order valence-electron chi connectivity index (χ4n) is 3.41. The van der Waals surface area contributed by atoms with Crippen molar-refractivity contribution in [2.24, 2.45) is 0 Å². The minimum atomic E-state index is -3.71. The van der Waals surface area contributed by atoms with E-state index in [1.807, 2.05) is 0 Å². The fraction of sp³-hybridized carbons (Fsp3) is 0.200. The van der Waals surface area contributed by atoms with Gasteiger partial charge in [0.05, 0.1) is 10.4 Å². The number of benzene rings is 2. The molecule has 0 saturated carbocycles. The van der Waals surface area contributed by atoms with Crippen molar-refractivity contribution in [1.29, 1.82) is 0 Å². The van der Waals surface area contributed by atoms with E-state index < -0.39 is 22.1 Å². The SMILES string of the molecule is CC(=O)OC1CCN(c2ccc3c(ccn3S(=O)(=O)c3ccccc3)c2)C1=O. The number of nitrogens with zero attached hydrogens (tertiary/aromatic N) is 2. The zero-order valence-corrected chi connectivity index (χ0v) is 15.9. The van der Waals surface area contributed by atoms with E-state index in [4.69, 9.17) is 4.74 Å². The molecule has 1 aromatic heterocycles. The van der Waals surface area contributed by atoms with Crippen LogP contribution in [0.2, 0.25) is 0 Å². The van der Waals surface area contributed by atoms with Crippen LogP contribution in [0.1, 0.15) is 13.3 Å². The maximum absolute atomic E-state index is 12.9. The Morgan fingerprint density at radius 3 is 2.57 bits per heavy atom. The van der Waals surface area contributed by atoms with E-state index in [0.29, 0.717) is 29.6 Å². The minimum Gasteiger partial charge on any atom is -0.452 e. The Morgan fingerprint density at radius 2 is 1.86 bits per heavy atom. The van der Waals surface area contributed by atoms with Gasteiger partial charge in [-0.1, -0.05) is 18.2 Å². The van der Waals surface area contributed by atoms with E-state index in [2.05, 4.69) is 0 Å². The molecule has 1 saturated heterocycles. The molecule has 28 heavy (non-hydrogen) atoms. The van der Waals surface area contributed by atoms with Gasteiger partial charge in [0.25, 0.3) is 15.9 Å². The van der Waals surface area contributed by atoms with Crippen LogP contribution < -0.4 is 4.90 Å². The van der Waals surface area contributed by atoms with Crippen molar-refractivity contribution in [2.45, 2.75) is 24.3 Å². The van der Waals surface area contributed by atoms with Crippen molar-refractivity contribution in [3.63, 3.8) is 0 Å². The zero-order chi connectivity index (χ0) is 19.9. The first-order chi connectivity index (χ1) is 13.4. The Morgan fingerprint density at radius 1 is 1.11 bits per heavy atom. The molecule has 4 rings (SSSR count). The van der Waals surface area contributed by atoms with Gasteiger partial charge in [-0.25, -0.2) is 12.4 Å². The van der Waals surface area contributed by atoms with Gasteiger partial charge < -0.3 is 9.64 Å². The molecular weight excluding hydrogens is 380 g/mol. The average molecular weight is 398 g/mol. The van der Waals surface area contributed by atoms with Crippen molar-refractivity contribution in [3.8, 4) is 0 Å². The molecule has 1 fully saturated rings. The molecule has 0 aliphatic carbocycles. The molecule has 0 radical (unpaired) electrons. The number of carbonyl (C=O) groups is 2. The molecule has 1 unspecified atom stereocenters. The number of anilines is 1. The predicted octanol–water partition coefficient (Wildman–Crippen LogP) is 2.55. The summed E-state index contributed by atoms with van der Waals surface area (Å²) in [6.45, 7) is 1.71. The highest BCUT2D eigenvalue weighted by Crippen LogP contribution is 2.29. The van der Waals surface area contributed by atoms with Gasteiger partial charge in [0.1, 0.15) is 0 Å². The lowest BCUT2D eigenvalue weighted by Gasteiger charge is -2.17. The maximum Gasteiger partial charge on any atom is 0.303 e. The molecule has 7 nitrogen and oxygen atoms in total. The van der Waals surface area contributed by atoms with E-state index in [9.17, 15) is 18.0 Å². The highest BCUT2D eigenvalue weighted by Gasteiger charge is 2.35. The number of amides is 1. The number of carbonyl (C=O) groups excluding carboxylic acids is 2. The van der Waals surface area contributed by atoms with E-state index in [0.717, 1.165) is 0 Å². The van der Waals surface area contributed by atoms with Crippen LogP contribution in [0.3, 0.4) is 0 Å². The predicted molar refractivity (Wildman–Crippen MR) is 103 cm³/mol. The zero-order valence-electron chi connectivity index (χ0n) is 15.1. The van der Waals surface area contributed by atoms with Crippen molar-refractivity contribution in [1.82, 2.24) is 3.97 Å². The number of fused-ring (bicyclic) bond motifs is 1. The van der Waals surface area contributed by atoms with Gasteiger partial charge in [0.2, 0.25) is 0 Å². The van der Waals surface area contributed by atoms with E-state index in [1.54, 1.807) is 59.5 Å². The summed E-state index contributed by atoms with van der Waals surface area (Å²) in [6.07, 6.45) is 1.17. The molecule has 0 spiro atoms. The second-order valence-corrected chi connectivity index (χ2v) is 8.36. The number of rotatable bonds is 4. The lowest BCUT2D eigenvalue weighted by molar-refractivity contribution is -0.151. The van der Waals surface area contributed by atoms with Crippen LogP contribution >= 0.6 is 0 Å². The molecule has 0 N–H and O–H groups in total. The van der Waals surface area contributed by atoms with E-state index >= 15 is 0 Å². The van der Waals surface area contributed by atoms with Crippen LogP contribution in [-0.4, -0.2) is 36.9 Å². The summed E-state index contributed by atoms with van der Waals surface area (Å²) in [6, 6.07) is 15.1. The molecule has 144 valence electrons. The van der Waals surface area contributed by atoms with Crippen LogP contribution in [0.5, 0.6) is 0 Å². The third-order valence-corrected chi connectivity index (χ3v) is 6.42. The monoisotopic (exact) mass is 398 g/mol. The van der Waals surface area contributed by atoms with Crippen molar-refractivity contribution >= 4 is 38.5 Å². The van der Waals surface area contributed by atoms with Crippen LogP contribution in [-0.2, 0) is 24.3 Å². The first-order valence-electron chi connectivity index (χ1n) is 8.78. The Hall–Kier alpha value is -3.13. The van der Waals surface area contributed by atoms with Gasteiger partial charge in [-0.2, -0.15) is 0 Å². The molecule has 0 bridgehead atoms. The van der Waals surface area contributed by atoms with Crippen molar-refractivity contribution in [2.75, 3.05) is 11.4 Å². The highest BCUT2D eigenvalue weighted by molar-refractivity contribution is 7.90. The average Bonchev–Trinajstić information content (AvgIpc) is 3.26. The first-order valence-corrected chi connectivity index (χ1v) is 10.2. The summed E-state index contributed by atoms with van der Waals surface area (Å²) in [7, 11) is -3.71. The highest BCUT2D eigenvalue weighted by atomic mass is 32.2. The van der Waals surface area contributed by atoms with Crippen LogP contribution in [0.25, 0.3) is 10.9 Å². The normalized spacial score (nSPS) is 17.2. The quantitative estimate of drug-likeness (QED) is 0.631. The topological polar surface area (TPSA) is 85.7 Å². The Balaban J connectivity index is 1.68. The lowest BCUT2D eigenvalue weighted by Crippen LogP contribution is -2.31. The van der Waals surface area contributed by atoms with Gasteiger partial charge in [-0.3, -0.25) is 9.59 Å². The summed E-state index contributed by atoms with van der Waals surface area (Å²) in [5, 5.41) is 0.695. The van der Waals surface area contributed by atoms with Gasteiger partial charge in [0.15, 0.2) is 6.10 Å². The number of hydrogen-bond donors (Lipinski definition) is 0. The summed E-state index contributed by atoms with van der Waals surface area (Å²) < 4.78 is 32.1. The summed E-state index contributed by atoms with van der Waals surface area (Å²) in [4.78, 5) is 25.4. The van der Waals surface area contributed by atoms with Crippen molar-refractivity contribution < 1.29 is 22.7 Å². The Labute approximate surface area is 162 Å². The molecule has 1 amide bonds. The largest absolute Gasteiger partial charge is 0.452 e. The van der Waals surface area contributed by atoms with Crippen LogP contribution in [0.15, 0.2) is 65.7 Å². The summed E-state index contributed by atoms with van der Waals surface area (Å²) >= 11 is 0. The van der Waals surface area contributed by atoms with Crippen LogP contribution in [0.4, 0.5) is 5.69 Å². The summed E-state index contributed by atoms with van der Waals surface area (Å²) in [5.41, 5.74) is 1.16. The molecular formula is C20H18N2O5S. The minimum absolute atomic E-state index is 0.204. The molecule has 1 aliphatic rings. The van der Waals surface area contributed by atoms with E-state index in [-0.39, 0.29) is 10.8 Å². The maximum atomic E-state index is 12.9. The number of ether oxygens (including phenoxy) is 1. The Bertz CT molecular complexity index is 1170. The van der Waals surface area contributed by atoms with Gasteiger partial charge in [-0.15, -0.1) is 0 Å².